The number of rotatable bonds is 1. The van der Waals surface area contributed by atoms with Crippen molar-refractivity contribution in [3.05, 3.63) is 57.5 Å². The van der Waals surface area contributed by atoms with Crippen LogP contribution in [0.25, 0.3) is 16.9 Å². The minimum atomic E-state index is 0.0644. The standard InChI is InChI=1S/C17H17N3O/c1-11-6-2-3-7-12(11)15-10-16-18-14-9-5-4-8-13(14)17(21)20(16)19-15/h2-3,6-7,10,19H,4-5,8-9H2,1H3. The molecule has 4 nitrogen and oxygen atoms in total. The number of hydrogen-bond donors (Lipinski definition) is 1. The first-order chi connectivity index (χ1) is 10.2. The summed E-state index contributed by atoms with van der Waals surface area (Å²) in [5.41, 5.74) is 5.90. The third-order valence-corrected chi connectivity index (χ3v) is 4.32. The van der Waals surface area contributed by atoms with Gasteiger partial charge < -0.3 is 0 Å². The van der Waals surface area contributed by atoms with E-state index in [-0.39, 0.29) is 5.56 Å². The SMILES string of the molecule is Cc1ccccc1-c1cc2nc3c(c(=O)n2[nH]1)CCCC3. The number of aromatic nitrogens is 3. The van der Waals surface area contributed by atoms with Gasteiger partial charge in [-0.15, -0.1) is 0 Å². The van der Waals surface area contributed by atoms with Crippen LogP contribution in [0.3, 0.4) is 0 Å². The molecule has 1 aliphatic rings. The first kappa shape index (κ1) is 12.4. The lowest BCUT2D eigenvalue weighted by atomic mass is 9.97. The van der Waals surface area contributed by atoms with E-state index in [0.29, 0.717) is 0 Å². The second kappa shape index (κ2) is 4.58. The molecule has 21 heavy (non-hydrogen) atoms. The van der Waals surface area contributed by atoms with Crippen LogP contribution in [-0.2, 0) is 12.8 Å². The van der Waals surface area contributed by atoms with Crippen LogP contribution >= 0.6 is 0 Å². The maximum Gasteiger partial charge on any atom is 0.276 e. The summed E-state index contributed by atoms with van der Waals surface area (Å²) in [6.07, 6.45) is 3.99. The molecule has 1 aliphatic carbocycles. The molecule has 0 saturated heterocycles. The van der Waals surface area contributed by atoms with Crippen molar-refractivity contribution in [2.45, 2.75) is 32.6 Å². The Bertz CT molecular complexity index is 889. The van der Waals surface area contributed by atoms with Crippen molar-refractivity contribution in [1.82, 2.24) is 14.6 Å². The molecule has 1 aromatic carbocycles. The zero-order chi connectivity index (χ0) is 14.4. The molecule has 0 unspecified atom stereocenters. The van der Waals surface area contributed by atoms with Crippen molar-refractivity contribution in [3.8, 4) is 11.3 Å². The highest BCUT2D eigenvalue weighted by molar-refractivity contribution is 5.67. The average molecular weight is 279 g/mol. The Morgan fingerprint density at radius 3 is 2.86 bits per heavy atom. The summed E-state index contributed by atoms with van der Waals surface area (Å²) in [6.45, 7) is 2.07. The molecular formula is C17H17N3O. The number of nitrogens with zero attached hydrogens (tertiary/aromatic N) is 2. The second-order valence-corrected chi connectivity index (χ2v) is 5.73. The predicted molar refractivity (Wildman–Crippen MR) is 82.6 cm³/mol. The Balaban J connectivity index is 1.97. The summed E-state index contributed by atoms with van der Waals surface area (Å²) < 4.78 is 1.59. The van der Waals surface area contributed by atoms with Gasteiger partial charge >= 0.3 is 0 Å². The molecule has 0 atom stereocenters. The smallest absolute Gasteiger partial charge is 0.276 e. The van der Waals surface area contributed by atoms with Gasteiger partial charge in [-0.1, -0.05) is 24.3 Å². The van der Waals surface area contributed by atoms with Gasteiger partial charge in [-0.05, 0) is 38.2 Å². The number of aryl methyl sites for hydroxylation is 2. The van der Waals surface area contributed by atoms with Gasteiger partial charge in [0.05, 0.1) is 11.4 Å². The van der Waals surface area contributed by atoms with Gasteiger partial charge in [0.15, 0.2) is 5.65 Å². The number of hydrogen-bond acceptors (Lipinski definition) is 2. The Kier molecular flexibility index (Phi) is 2.70. The molecular weight excluding hydrogens is 262 g/mol. The van der Waals surface area contributed by atoms with E-state index in [1.54, 1.807) is 4.52 Å². The van der Waals surface area contributed by atoms with Crippen molar-refractivity contribution in [2.24, 2.45) is 0 Å². The molecule has 0 fully saturated rings. The largest absolute Gasteiger partial charge is 0.289 e. The van der Waals surface area contributed by atoms with Crippen LogP contribution in [0.4, 0.5) is 0 Å². The fourth-order valence-corrected chi connectivity index (χ4v) is 3.17. The summed E-state index contributed by atoms with van der Waals surface area (Å²) in [4.78, 5) is 17.3. The maximum atomic E-state index is 12.6. The van der Waals surface area contributed by atoms with E-state index in [1.807, 2.05) is 18.2 Å². The molecule has 106 valence electrons. The molecule has 0 spiro atoms. The summed E-state index contributed by atoms with van der Waals surface area (Å²) in [5.74, 6) is 0. The minimum absolute atomic E-state index is 0.0644. The molecule has 3 aromatic rings. The van der Waals surface area contributed by atoms with E-state index < -0.39 is 0 Å². The Hall–Kier alpha value is -2.36. The normalized spacial score (nSPS) is 14.3. The fraction of sp³-hybridized carbons (Fsp3) is 0.294. The van der Waals surface area contributed by atoms with E-state index in [2.05, 4.69) is 29.1 Å². The van der Waals surface area contributed by atoms with E-state index >= 15 is 0 Å². The second-order valence-electron chi connectivity index (χ2n) is 5.73. The molecule has 1 N–H and O–H groups in total. The topological polar surface area (TPSA) is 50.2 Å². The molecule has 0 amide bonds. The number of nitrogens with one attached hydrogen (secondary N) is 1. The van der Waals surface area contributed by atoms with Crippen LogP contribution in [0.2, 0.25) is 0 Å². The van der Waals surface area contributed by atoms with E-state index in [4.69, 9.17) is 0 Å². The Morgan fingerprint density at radius 2 is 2.00 bits per heavy atom. The molecule has 2 heterocycles. The van der Waals surface area contributed by atoms with Gasteiger partial charge in [0.25, 0.3) is 5.56 Å². The third kappa shape index (κ3) is 1.90. The van der Waals surface area contributed by atoms with E-state index in [1.165, 1.54) is 5.56 Å². The number of H-pyrrole nitrogens is 1. The first-order valence-corrected chi connectivity index (χ1v) is 7.43. The van der Waals surface area contributed by atoms with Crippen molar-refractivity contribution >= 4 is 5.65 Å². The maximum absolute atomic E-state index is 12.6. The van der Waals surface area contributed by atoms with Crippen LogP contribution in [0.5, 0.6) is 0 Å². The van der Waals surface area contributed by atoms with E-state index in [9.17, 15) is 4.79 Å². The molecule has 0 bridgehead atoms. The highest BCUT2D eigenvalue weighted by Gasteiger charge is 2.18. The van der Waals surface area contributed by atoms with Crippen LogP contribution in [0.1, 0.15) is 29.7 Å². The fourth-order valence-electron chi connectivity index (χ4n) is 3.17. The number of benzene rings is 1. The predicted octanol–water partition coefficient (Wildman–Crippen LogP) is 2.88. The van der Waals surface area contributed by atoms with Crippen LogP contribution in [0, 0.1) is 6.92 Å². The molecule has 2 aromatic heterocycles. The van der Waals surface area contributed by atoms with Crippen molar-refractivity contribution < 1.29 is 0 Å². The molecule has 0 radical (unpaired) electrons. The highest BCUT2D eigenvalue weighted by atomic mass is 16.1. The third-order valence-electron chi connectivity index (χ3n) is 4.32. The lowest BCUT2D eigenvalue weighted by molar-refractivity contribution is 0.651. The van der Waals surface area contributed by atoms with Crippen LogP contribution < -0.4 is 5.56 Å². The summed E-state index contributed by atoms with van der Waals surface area (Å²) in [5, 5.41) is 3.21. The van der Waals surface area contributed by atoms with Gasteiger partial charge in [-0.2, -0.15) is 0 Å². The molecule has 0 saturated carbocycles. The molecule has 4 heteroatoms. The first-order valence-electron chi connectivity index (χ1n) is 7.43. The lowest BCUT2D eigenvalue weighted by Crippen LogP contribution is -2.24. The zero-order valence-corrected chi connectivity index (χ0v) is 12.0. The Morgan fingerprint density at radius 1 is 1.19 bits per heavy atom. The monoisotopic (exact) mass is 279 g/mol. The lowest BCUT2D eigenvalue weighted by Gasteiger charge is -2.13. The van der Waals surface area contributed by atoms with Gasteiger partial charge in [0.1, 0.15) is 0 Å². The van der Waals surface area contributed by atoms with Crippen molar-refractivity contribution in [2.75, 3.05) is 0 Å². The quantitative estimate of drug-likeness (QED) is 0.744. The van der Waals surface area contributed by atoms with Crippen molar-refractivity contribution in [3.63, 3.8) is 0 Å². The number of aromatic amines is 1. The van der Waals surface area contributed by atoms with Crippen molar-refractivity contribution in [1.29, 1.82) is 0 Å². The van der Waals surface area contributed by atoms with Crippen LogP contribution in [0.15, 0.2) is 35.1 Å². The Labute approximate surface area is 122 Å². The highest BCUT2D eigenvalue weighted by Crippen LogP contribution is 2.23. The summed E-state index contributed by atoms with van der Waals surface area (Å²) >= 11 is 0. The zero-order valence-electron chi connectivity index (χ0n) is 12.0. The van der Waals surface area contributed by atoms with Gasteiger partial charge in [-0.25, -0.2) is 9.50 Å². The number of fused-ring (bicyclic) bond motifs is 2. The van der Waals surface area contributed by atoms with E-state index in [0.717, 1.165) is 53.8 Å². The van der Waals surface area contributed by atoms with Gasteiger partial charge in [-0.3, -0.25) is 9.89 Å². The van der Waals surface area contributed by atoms with Crippen LogP contribution in [-0.4, -0.2) is 14.6 Å². The molecule has 4 rings (SSSR count). The molecule has 0 aliphatic heterocycles. The van der Waals surface area contributed by atoms with Gasteiger partial charge in [0.2, 0.25) is 0 Å². The summed E-state index contributed by atoms with van der Waals surface area (Å²) in [7, 11) is 0. The minimum Gasteiger partial charge on any atom is -0.289 e. The van der Waals surface area contributed by atoms with Gasteiger partial charge in [0, 0.05) is 17.2 Å². The summed E-state index contributed by atoms with van der Waals surface area (Å²) in [6, 6.07) is 10.1. The average Bonchev–Trinajstić information content (AvgIpc) is 2.92.